The Balaban J connectivity index is 1.89. The summed E-state index contributed by atoms with van der Waals surface area (Å²) < 4.78 is 5.27. The molecule has 0 spiro atoms. The van der Waals surface area contributed by atoms with Crippen molar-refractivity contribution in [1.82, 2.24) is 4.90 Å². The average molecular weight is 338 g/mol. The molecule has 1 fully saturated rings. The number of hydrogen-bond donors (Lipinski definition) is 0. The van der Waals surface area contributed by atoms with Crippen LogP contribution >= 0.6 is 11.8 Å². The second kappa shape index (κ2) is 6.93. The topological polar surface area (TPSA) is 41.9 Å². The predicted molar refractivity (Wildman–Crippen MR) is 99.6 cm³/mol. The minimum atomic E-state index is -0.0387. The lowest BCUT2D eigenvalue weighted by molar-refractivity contribution is -0.121. The highest BCUT2D eigenvalue weighted by Gasteiger charge is 2.30. The SMILES string of the molecule is COc1ccc(/C=C2\SC(=Nc3ccccc3)N(C)C2=O)cc1C. The number of amides is 1. The van der Waals surface area contributed by atoms with E-state index in [4.69, 9.17) is 4.74 Å². The number of aryl methyl sites for hydroxylation is 1. The first-order valence-corrected chi connectivity index (χ1v) is 8.36. The predicted octanol–water partition coefficient (Wildman–Crippen LogP) is 4.24. The van der Waals surface area contributed by atoms with E-state index in [0.717, 1.165) is 22.6 Å². The van der Waals surface area contributed by atoms with Crippen LogP contribution in [0.5, 0.6) is 5.75 Å². The maximum absolute atomic E-state index is 12.4. The van der Waals surface area contributed by atoms with E-state index in [2.05, 4.69) is 4.99 Å². The number of thioether (sulfide) groups is 1. The van der Waals surface area contributed by atoms with Gasteiger partial charge in [-0.15, -0.1) is 0 Å². The van der Waals surface area contributed by atoms with Crippen LogP contribution in [0.1, 0.15) is 11.1 Å². The van der Waals surface area contributed by atoms with Gasteiger partial charge in [0, 0.05) is 7.05 Å². The largest absolute Gasteiger partial charge is 0.496 e. The van der Waals surface area contributed by atoms with Crippen molar-refractivity contribution in [3.8, 4) is 5.75 Å². The van der Waals surface area contributed by atoms with Gasteiger partial charge in [-0.1, -0.05) is 24.3 Å². The van der Waals surface area contributed by atoms with Gasteiger partial charge in [0.05, 0.1) is 17.7 Å². The molecule has 3 rings (SSSR count). The molecule has 0 atom stereocenters. The van der Waals surface area contributed by atoms with Gasteiger partial charge in [0.25, 0.3) is 5.91 Å². The van der Waals surface area contributed by atoms with Crippen LogP contribution < -0.4 is 4.74 Å². The minimum absolute atomic E-state index is 0.0387. The summed E-state index contributed by atoms with van der Waals surface area (Å²) >= 11 is 1.39. The lowest BCUT2D eigenvalue weighted by Gasteiger charge is -2.07. The highest BCUT2D eigenvalue weighted by Crippen LogP contribution is 2.33. The van der Waals surface area contributed by atoms with Crippen LogP contribution in [0.2, 0.25) is 0 Å². The number of carbonyl (C=O) groups is 1. The zero-order valence-corrected chi connectivity index (χ0v) is 14.6. The summed E-state index contributed by atoms with van der Waals surface area (Å²) in [6, 6.07) is 15.5. The molecule has 1 amide bonds. The first-order chi connectivity index (χ1) is 11.6. The second-order valence-electron chi connectivity index (χ2n) is 5.43. The summed E-state index contributed by atoms with van der Waals surface area (Å²) in [5, 5.41) is 0.683. The summed E-state index contributed by atoms with van der Waals surface area (Å²) in [6.07, 6.45) is 1.89. The Morgan fingerprint density at radius 1 is 1.17 bits per heavy atom. The van der Waals surface area contributed by atoms with Crippen molar-refractivity contribution in [2.24, 2.45) is 4.99 Å². The van der Waals surface area contributed by atoms with Gasteiger partial charge in [0.1, 0.15) is 5.75 Å². The number of carbonyl (C=O) groups excluding carboxylic acids is 1. The van der Waals surface area contributed by atoms with E-state index in [0.29, 0.717) is 10.1 Å². The molecule has 0 radical (unpaired) electrons. The summed E-state index contributed by atoms with van der Waals surface area (Å²) in [7, 11) is 3.40. The van der Waals surface area contributed by atoms with E-state index >= 15 is 0 Å². The lowest BCUT2D eigenvalue weighted by atomic mass is 10.1. The molecule has 1 aliphatic rings. The Labute approximate surface area is 145 Å². The van der Waals surface area contributed by atoms with Crippen molar-refractivity contribution in [3.05, 3.63) is 64.6 Å². The molecule has 1 aliphatic heterocycles. The number of methoxy groups -OCH3 is 1. The van der Waals surface area contributed by atoms with E-state index in [1.54, 1.807) is 19.1 Å². The molecule has 122 valence electrons. The van der Waals surface area contributed by atoms with Crippen LogP contribution in [0.15, 0.2) is 58.4 Å². The van der Waals surface area contributed by atoms with Crippen LogP contribution in [0.3, 0.4) is 0 Å². The van der Waals surface area contributed by atoms with Crippen LogP contribution in [-0.4, -0.2) is 30.1 Å². The number of benzene rings is 2. The number of likely N-dealkylation sites (N-methyl/N-ethyl adjacent to an activating group) is 1. The fraction of sp³-hybridized carbons (Fsp3) is 0.158. The number of para-hydroxylation sites is 1. The Morgan fingerprint density at radius 2 is 1.92 bits per heavy atom. The van der Waals surface area contributed by atoms with Gasteiger partial charge in [-0.25, -0.2) is 4.99 Å². The Kier molecular flexibility index (Phi) is 4.71. The van der Waals surface area contributed by atoms with Crippen LogP contribution in [0, 0.1) is 6.92 Å². The molecule has 0 bridgehead atoms. The first kappa shape index (κ1) is 16.3. The number of hydrogen-bond acceptors (Lipinski definition) is 4. The molecule has 0 N–H and O–H groups in total. The summed E-state index contributed by atoms with van der Waals surface area (Å²) in [5.74, 6) is 0.800. The molecule has 0 unspecified atom stereocenters. The molecule has 0 aliphatic carbocycles. The molecule has 24 heavy (non-hydrogen) atoms. The zero-order valence-electron chi connectivity index (χ0n) is 13.8. The van der Waals surface area contributed by atoms with E-state index < -0.39 is 0 Å². The molecule has 2 aromatic rings. The van der Waals surface area contributed by atoms with Crippen LogP contribution in [-0.2, 0) is 4.79 Å². The smallest absolute Gasteiger partial charge is 0.266 e. The number of nitrogens with zero attached hydrogens (tertiary/aromatic N) is 2. The third-order valence-electron chi connectivity index (χ3n) is 3.70. The number of amidine groups is 1. The van der Waals surface area contributed by atoms with Crippen molar-refractivity contribution < 1.29 is 9.53 Å². The normalized spacial score (nSPS) is 17.8. The molecular formula is C19H18N2O2S. The molecule has 0 saturated carbocycles. The van der Waals surface area contributed by atoms with Crippen LogP contribution in [0.4, 0.5) is 5.69 Å². The van der Waals surface area contributed by atoms with Gasteiger partial charge >= 0.3 is 0 Å². The summed E-state index contributed by atoms with van der Waals surface area (Å²) in [4.78, 5) is 19.2. The maximum atomic E-state index is 12.4. The molecular weight excluding hydrogens is 320 g/mol. The van der Waals surface area contributed by atoms with Gasteiger partial charge < -0.3 is 4.74 Å². The molecule has 4 nitrogen and oxygen atoms in total. The summed E-state index contributed by atoms with van der Waals surface area (Å²) in [6.45, 7) is 1.98. The molecule has 0 aromatic heterocycles. The van der Waals surface area contributed by atoms with Crippen molar-refractivity contribution in [1.29, 1.82) is 0 Å². The molecule has 5 heteroatoms. The second-order valence-corrected chi connectivity index (χ2v) is 6.44. The van der Waals surface area contributed by atoms with Gasteiger partial charge in [0.2, 0.25) is 0 Å². The van der Waals surface area contributed by atoms with E-state index in [1.165, 1.54) is 11.8 Å². The highest BCUT2D eigenvalue weighted by molar-refractivity contribution is 8.18. The number of rotatable bonds is 3. The monoisotopic (exact) mass is 338 g/mol. The van der Waals surface area contributed by atoms with Crippen molar-refractivity contribution >= 4 is 34.6 Å². The third-order valence-corrected chi connectivity index (χ3v) is 4.76. The Hall–Kier alpha value is -2.53. The maximum Gasteiger partial charge on any atom is 0.266 e. The van der Waals surface area contributed by atoms with E-state index in [1.807, 2.05) is 61.5 Å². The van der Waals surface area contributed by atoms with Crippen molar-refractivity contribution in [2.45, 2.75) is 6.92 Å². The number of aliphatic imine (C=N–C) groups is 1. The third kappa shape index (κ3) is 3.36. The van der Waals surface area contributed by atoms with E-state index in [-0.39, 0.29) is 5.91 Å². The number of ether oxygens (including phenoxy) is 1. The molecule has 2 aromatic carbocycles. The molecule has 1 heterocycles. The lowest BCUT2D eigenvalue weighted by Crippen LogP contribution is -2.23. The van der Waals surface area contributed by atoms with Gasteiger partial charge in [-0.3, -0.25) is 9.69 Å². The summed E-state index contributed by atoms with van der Waals surface area (Å²) in [5.41, 5.74) is 2.84. The highest BCUT2D eigenvalue weighted by atomic mass is 32.2. The van der Waals surface area contributed by atoms with E-state index in [9.17, 15) is 4.79 Å². The average Bonchev–Trinajstić information content (AvgIpc) is 2.84. The quantitative estimate of drug-likeness (QED) is 0.786. The fourth-order valence-corrected chi connectivity index (χ4v) is 3.39. The minimum Gasteiger partial charge on any atom is -0.496 e. The zero-order chi connectivity index (χ0) is 17.1. The Bertz CT molecular complexity index is 829. The van der Waals surface area contributed by atoms with Crippen molar-refractivity contribution in [2.75, 3.05) is 14.2 Å². The first-order valence-electron chi connectivity index (χ1n) is 7.54. The van der Waals surface area contributed by atoms with Crippen molar-refractivity contribution in [3.63, 3.8) is 0 Å². The van der Waals surface area contributed by atoms with Gasteiger partial charge in [-0.05, 0) is 60.2 Å². The fourth-order valence-electron chi connectivity index (χ4n) is 2.41. The van der Waals surface area contributed by atoms with Gasteiger partial charge in [0.15, 0.2) is 5.17 Å². The standard InChI is InChI=1S/C19H18N2O2S/c1-13-11-14(9-10-16(13)23-3)12-17-18(22)21(2)19(24-17)20-15-7-5-4-6-8-15/h4-12H,1-3H3/b17-12-,20-19?. The van der Waals surface area contributed by atoms with Gasteiger partial charge in [-0.2, -0.15) is 0 Å². The molecule has 1 saturated heterocycles. The Morgan fingerprint density at radius 3 is 2.58 bits per heavy atom. The van der Waals surface area contributed by atoms with Crippen LogP contribution in [0.25, 0.3) is 6.08 Å².